The minimum absolute atomic E-state index is 0.351. The number of nitrogens with zero attached hydrogens (tertiary/aromatic N) is 1. The molecule has 0 fully saturated rings. The van der Waals surface area contributed by atoms with Crippen LogP contribution in [0.2, 0.25) is 0 Å². The summed E-state index contributed by atoms with van der Waals surface area (Å²) in [5, 5.41) is 4.47. The summed E-state index contributed by atoms with van der Waals surface area (Å²) in [6.45, 7) is 2.58. The molecule has 0 aliphatic carbocycles. The van der Waals surface area contributed by atoms with Gasteiger partial charge < -0.3 is 0 Å². The standard InChI is InChI=1S/C7H13N3O2/c1-2-3-4-5-10-6(11)8-9-7(10)12/h2-5H2,1H3,(H,8,11)(H,9,12). The maximum absolute atomic E-state index is 10.9. The van der Waals surface area contributed by atoms with Gasteiger partial charge in [-0.25, -0.2) is 24.4 Å². The average molecular weight is 171 g/mol. The third kappa shape index (κ3) is 1.87. The van der Waals surface area contributed by atoms with Gasteiger partial charge in [0.05, 0.1) is 0 Å². The van der Waals surface area contributed by atoms with Crippen molar-refractivity contribution in [1.82, 2.24) is 14.8 Å². The Bertz CT molecular complexity index is 305. The fourth-order valence-electron chi connectivity index (χ4n) is 1.06. The van der Waals surface area contributed by atoms with E-state index in [0.29, 0.717) is 6.54 Å². The van der Waals surface area contributed by atoms with Crippen molar-refractivity contribution in [3.05, 3.63) is 21.0 Å². The first-order valence-electron chi connectivity index (χ1n) is 4.13. The molecule has 0 spiro atoms. The lowest BCUT2D eigenvalue weighted by atomic mass is 10.2. The van der Waals surface area contributed by atoms with Crippen LogP contribution in [0.15, 0.2) is 9.59 Å². The number of aromatic amines is 2. The number of unbranched alkanes of at least 4 members (excludes halogenated alkanes) is 2. The van der Waals surface area contributed by atoms with E-state index in [9.17, 15) is 9.59 Å². The predicted molar refractivity (Wildman–Crippen MR) is 45.2 cm³/mol. The summed E-state index contributed by atoms with van der Waals surface area (Å²) >= 11 is 0. The van der Waals surface area contributed by atoms with Gasteiger partial charge in [-0.3, -0.25) is 0 Å². The molecule has 0 amide bonds. The Kier molecular flexibility index (Phi) is 2.90. The van der Waals surface area contributed by atoms with E-state index in [2.05, 4.69) is 17.1 Å². The van der Waals surface area contributed by atoms with Gasteiger partial charge in [0.1, 0.15) is 0 Å². The molecule has 0 aliphatic heterocycles. The zero-order valence-electron chi connectivity index (χ0n) is 7.09. The van der Waals surface area contributed by atoms with Gasteiger partial charge in [0.15, 0.2) is 0 Å². The largest absolute Gasteiger partial charge is 0.344 e. The second kappa shape index (κ2) is 3.94. The van der Waals surface area contributed by atoms with Crippen molar-refractivity contribution in [2.75, 3.05) is 0 Å². The molecule has 0 aliphatic rings. The minimum Gasteiger partial charge on any atom is -0.247 e. The van der Waals surface area contributed by atoms with Crippen LogP contribution in [0.4, 0.5) is 0 Å². The normalized spacial score (nSPS) is 10.4. The lowest BCUT2D eigenvalue weighted by Gasteiger charge is -1.96. The fourth-order valence-corrected chi connectivity index (χ4v) is 1.06. The molecular formula is C7H13N3O2. The number of aromatic nitrogens is 3. The highest BCUT2D eigenvalue weighted by Gasteiger charge is 2.00. The molecule has 0 saturated carbocycles. The highest BCUT2D eigenvalue weighted by atomic mass is 16.2. The Morgan fingerprint density at radius 1 is 1.17 bits per heavy atom. The van der Waals surface area contributed by atoms with E-state index in [0.717, 1.165) is 19.3 Å². The van der Waals surface area contributed by atoms with E-state index in [4.69, 9.17) is 0 Å². The van der Waals surface area contributed by atoms with Crippen molar-refractivity contribution in [2.24, 2.45) is 0 Å². The number of H-pyrrole nitrogens is 2. The van der Waals surface area contributed by atoms with E-state index in [-0.39, 0.29) is 11.4 Å². The van der Waals surface area contributed by atoms with Gasteiger partial charge in [-0.2, -0.15) is 0 Å². The second-order valence-electron chi connectivity index (χ2n) is 2.72. The highest BCUT2D eigenvalue weighted by molar-refractivity contribution is 4.64. The molecule has 0 bridgehead atoms. The predicted octanol–water partition coefficient (Wildman–Crippen LogP) is 0.0549. The monoisotopic (exact) mass is 171 g/mol. The molecule has 0 saturated heterocycles. The molecular weight excluding hydrogens is 158 g/mol. The number of hydrogen-bond acceptors (Lipinski definition) is 2. The van der Waals surface area contributed by atoms with Crippen molar-refractivity contribution in [3.63, 3.8) is 0 Å². The van der Waals surface area contributed by atoms with Crippen LogP contribution in [0.1, 0.15) is 26.2 Å². The minimum atomic E-state index is -0.351. The van der Waals surface area contributed by atoms with Crippen LogP contribution in [0.5, 0.6) is 0 Å². The third-order valence-corrected chi connectivity index (χ3v) is 1.75. The summed E-state index contributed by atoms with van der Waals surface area (Å²) in [5.74, 6) is 0. The van der Waals surface area contributed by atoms with Gasteiger partial charge >= 0.3 is 11.4 Å². The summed E-state index contributed by atoms with van der Waals surface area (Å²) in [6, 6.07) is 0. The molecule has 68 valence electrons. The topological polar surface area (TPSA) is 70.7 Å². The Labute approximate surface area is 69.4 Å². The molecule has 0 aromatic carbocycles. The second-order valence-corrected chi connectivity index (χ2v) is 2.72. The van der Waals surface area contributed by atoms with Crippen molar-refractivity contribution in [3.8, 4) is 0 Å². The van der Waals surface area contributed by atoms with E-state index in [1.807, 2.05) is 0 Å². The maximum Gasteiger partial charge on any atom is 0.344 e. The van der Waals surface area contributed by atoms with Crippen LogP contribution in [0.25, 0.3) is 0 Å². The summed E-state index contributed by atoms with van der Waals surface area (Å²) in [4.78, 5) is 21.8. The van der Waals surface area contributed by atoms with Crippen LogP contribution < -0.4 is 11.4 Å². The van der Waals surface area contributed by atoms with Crippen LogP contribution in [-0.2, 0) is 6.54 Å². The summed E-state index contributed by atoms with van der Waals surface area (Å²) < 4.78 is 1.18. The van der Waals surface area contributed by atoms with Crippen LogP contribution in [0.3, 0.4) is 0 Å². The lowest BCUT2D eigenvalue weighted by Crippen LogP contribution is -2.26. The zero-order chi connectivity index (χ0) is 8.97. The Morgan fingerprint density at radius 2 is 1.75 bits per heavy atom. The summed E-state index contributed by atoms with van der Waals surface area (Å²) in [7, 11) is 0. The molecule has 1 aromatic rings. The average Bonchev–Trinajstić information content (AvgIpc) is 2.35. The SMILES string of the molecule is CCCCCn1c(=O)[nH][nH]c1=O. The summed E-state index contributed by atoms with van der Waals surface area (Å²) in [6.07, 6.45) is 2.99. The molecule has 5 heteroatoms. The van der Waals surface area contributed by atoms with E-state index in [1.54, 1.807) is 0 Å². The van der Waals surface area contributed by atoms with E-state index in [1.165, 1.54) is 4.57 Å². The molecule has 12 heavy (non-hydrogen) atoms. The number of rotatable bonds is 4. The highest BCUT2D eigenvalue weighted by Crippen LogP contribution is 1.93. The van der Waals surface area contributed by atoms with Crippen molar-refractivity contribution < 1.29 is 0 Å². The molecule has 0 atom stereocenters. The van der Waals surface area contributed by atoms with Crippen LogP contribution in [-0.4, -0.2) is 14.8 Å². The van der Waals surface area contributed by atoms with Gasteiger partial charge in [-0.15, -0.1) is 0 Å². The van der Waals surface area contributed by atoms with Crippen LogP contribution >= 0.6 is 0 Å². The number of hydrogen-bond donors (Lipinski definition) is 2. The molecule has 1 aromatic heterocycles. The Morgan fingerprint density at radius 3 is 2.25 bits per heavy atom. The van der Waals surface area contributed by atoms with Gasteiger partial charge in [0.2, 0.25) is 0 Å². The molecule has 5 nitrogen and oxygen atoms in total. The molecule has 0 radical (unpaired) electrons. The molecule has 0 unspecified atom stereocenters. The molecule has 1 heterocycles. The van der Waals surface area contributed by atoms with Gasteiger partial charge in [-0.1, -0.05) is 19.8 Å². The quantitative estimate of drug-likeness (QED) is 0.628. The first-order valence-corrected chi connectivity index (χ1v) is 4.13. The van der Waals surface area contributed by atoms with E-state index < -0.39 is 0 Å². The molecule has 2 N–H and O–H groups in total. The third-order valence-electron chi connectivity index (χ3n) is 1.75. The zero-order valence-corrected chi connectivity index (χ0v) is 7.09. The van der Waals surface area contributed by atoms with Gasteiger partial charge in [0.25, 0.3) is 0 Å². The van der Waals surface area contributed by atoms with Crippen molar-refractivity contribution in [1.29, 1.82) is 0 Å². The first kappa shape index (κ1) is 8.83. The van der Waals surface area contributed by atoms with Crippen molar-refractivity contribution in [2.45, 2.75) is 32.7 Å². The number of nitrogens with one attached hydrogen (secondary N) is 2. The Hall–Kier alpha value is -1.26. The van der Waals surface area contributed by atoms with Crippen molar-refractivity contribution >= 4 is 0 Å². The molecule has 1 rings (SSSR count). The smallest absolute Gasteiger partial charge is 0.247 e. The maximum atomic E-state index is 10.9. The lowest BCUT2D eigenvalue weighted by molar-refractivity contribution is 0.576. The van der Waals surface area contributed by atoms with Crippen LogP contribution in [0, 0.1) is 0 Å². The van der Waals surface area contributed by atoms with Gasteiger partial charge in [-0.05, 0) is 6.42 Å². The van der Waals surface area contributed by atoms with E-state index >= 15 is 0 Å². The Balaban J connectivity index is 2.62. The van der Waals surface area contributed by atoms with Gasteiger partial charge in [0, 0.05) is 6.54 Å². The fraction of sp³-hybridized carbons (Fsp3) is 0.714. The first-order chi connectivity index (χ1) is 5.75. The summed E-state index contributed by atoms with van der Waals surface area (Å²) in [5.41, 5.74) is -0.702.